The van der Waals surface area contributed by atoms with Crippen LogP contribution in [0.4, 0.5) is 0 Å². The van der Waals surface area contributed by atoms with Gasteiger partial charge in [-0.25, -0.2) is 0 Å². The van der Waals surface area contributed by atoms with E-state index in [2.05, 4.69) is 27.7 Å². The van der Waals surface area contributed by atoms with E-state index in [0.29, 0.717) is 12.5 Å². The molecule has 0 bridgehead atoms. The highest BCUT2D eigenvalue weighted by Gasteiger charge is 2.29. The molecule has 2 aliphatic heterocycles. The lowest BCUT2D eigenvalue weighted by atomic mass is 9.97. The number of halogens is 2. The summed E-state index contributed by atoms with van der Waals surface area (Å²) in [6.07, 6.45) is 4.06. The first-order valence-corrected chi connectivity index (χ1v) is 10.6. The van der Waals surface area contributed by atoms with E-state index in [1.807, 2.05) is 37.1 Å². The van der Waals surface area contributed by atoms with Gasteiger partial charge >= 0.3 is 0 Å². The molecular formula is C22H36Cl2N4O2. The summed E-state index contributed by atoms with van der Waals surface area (Å²) in [7, 11) is 2.01. The Labute approximate surface area is 193 Å². The van der Waals surface area contributed by atoms with Crippen molar-refractivity contribution in [1.29, 1.82) is 0 Å². The molecule has 170 valence electrons. The molecule has 8 heteroatoms. The summed E-state index contributed by atoms with van der Waals surface area (Å²) in [4.78, 5) is 29.3. The SMILES string of the molecule is CC(C(=O)N1CCCC(CNC(=O)C2CCCN2)C1)N(C)Cc1ccccc1.Cl.Cl. The van der Waals surface area contributed by atoms with Crippen molar-refractivity contribution in [1.82, 2.24) is 20.4 Å². The first-order chi connectivity index (χ1) is 13.5. The highest BCUT2D eigenvalue weighted by atomic mass is 35.5. The molecule has 3 atom stereocenters. The van der Waals surface area contributed by atoms with Gasteiger partial charge in [-0.05, 0) is 57.7 Å². The Balaban J connectivity index is 0.00000225. The number of likely N-dealkylation sites (N-methyl/N-ethyl adjacent to an activating group) is 1. The van der Waals surface area contributed by atoms with Crippen LogP contribution in [0.5, 0.6) is 0 Å². The van der Waals surface area contributed by atoms with E-state index in [4.69, 9.17) is 0 Å². The summed E-state index contributed by atoms with van der Waals surface area (Å²) in [5, 5.41) is 6.32. The second-order valence-corrected chi connectivity index (χ2v) is 8.26. The largest absolute Gasteiger partial charge is 0.354 e. The molecule has 2 heterocycles. The topological polar surface area (TPSA) is 64.7 Å². The van der Waals surface area contributed by atoms with Crippen LogP contribution in [0.2, 0.25) is 0 Å². The van der Waals surface area contributed by atoms with Crippen molar-refractivity contribution in [2.45, 2.75) is 51.2 Å². The first-order valence-electron chi connectivity index (χ1n) is 10.6. The first kappa shape index (κ1) is 26.7. The van der Waals surface area contributed by atoms with Crippen LogP contribution in [0, 0.1) is 5.92 Å². The lowest BCUT2D eigenvalue weighted by Gasteiger charge is -2.36. The smallest absolute Gasteiger partial charge is 0.239 e. The van der Waals surface area contributed by atoms with Gasteiger partial charge in [0.25, 0.3) is 0 Å². The number of carbonyl (C=O) groups excluding carboxylic acids is 2. The van der Waals surface area contributed by atoms with Crippen molar-refractivity contribution in [2.24, 2.45) is 5.92 Å². The van der Waals surface area contributed by atoms with Gasteiger partial charge in [0.2, 0.25) is 11.8 Å². The van der Waals surface area contributed by atoms with E-state index in [0.717, 1.165) is 51.9 Å². The molecule has 2 N–H and O–H groups in total. The summed E-state index contributed by atoms with van der Waals surface area (Å²) in [5.74, 6) is 0.638. The van der Waals surface area contributed by atoms with Gasteiger partial charge < -0.3 is 15.5 Å². The summed E-state index contributed by atoms with van der Waals surface area (Å²) in [5.41, 5.74) is 1.21. The van der Waals surface area contributed by atoms with Crippen LogP contribution >= 0.6 is 24.8 Å². The Bertz CT molecular complexity index is 656. The van der Waals surface area contributed by atoms with Crippen LogP contribution in [0.15, 0.2) is 30.3 Å². The van der Waals surface area contributed by atoms with Crippen molar-refractivity contribution >= 4 is 36.6 Å². The maximum Gasteiger partial charge on any atom is 0.239 e. The molecule has 0 aliphatic carbocycles. The summed E-state index contributed by atoms with van der Waals surface area (Å²) in [6.45, 7) is 5.89. The number of hydrogen-bond donors (Lipinski definition) is 2. The molecule has 6 nitrogen and oxygen atoms in total. The normalized spacial score (nSPS) is 22.0. The average Bonchev–Trinajstić information content (AvgIpc) is 3.27. The minimum absolute atomic E-state index is 0. The van der Waals surface area contributed by atoms with Crippen LogP contribution in [0.25, 0.3) is 0 Å². The lowest BCUT2D eigenvalue weighted by molar-refractivity contribution is -0.138. The molecule has 2 aliphatic rings. The fraction of sp³-hybridized carbons (Fsp3) is 0.636. The van der Waals surface area contributed by atoms with E-state index >= 15 is 0 Å². The molecule has 0 radical (unpaired) electrons. The Hall–Kier alpha value is -1.34. The maximum absolute atomic E-state index is 13.0. The number of likely N-dealkylation sites (tertiary alicyclic amines) is 1. The van der Waals surface area contributed by atoms with Gasteiger partial charge in [-0.3, -0.25) is 14.5 Å². The minimum atomic E-state index is -0.156. The van der Waals surface area contributed by atoms with Crippen LogP contribution in [0.1, 0.15) is 38.2 Å². The third-order valence-electron chi connectivity index (χ3n) is 6.07. The van der Waals surface area contributed by atoms with Crippen molar-refractivity contribution in [3.8, 4) is 0 Å². The molecule has 2 saturated heterocycles. The average molecular weight is 459 g/mol. The van der Waals surface area contributed by atoms with Gasteiger partial charge in [0, 0.05) is 26.2 Å². The second-order valence-electron chi connectivity index (χ2n) is 8.26. The van der Waals surface area contributed by atoms with Gasteiger partial charge in [-0.2, -0.15) is 0 Å². The van der Waals surface area contributed by atoms with Crippen molar-refractivity contribution in [3.05, 3.63) is 35.9 Å². The Kier molecular flexibility index (Phi) is 11.7. The number of hydrogen-bond acceptors (Lipinski definition) is 4. The standard InChI is InChI=1S/C22H34N4O2.2ClH/c1-17(25(2)15-18-8-4-3-5-9-18)22(28)26-13-7-10-19(16-26)14-24-21(27)20-11-6-12-23-20;;/h3-5,8-9,17,19-20,23H,6-7,10-16H2,1-2H3,(H,24,27);2*1H. The molecule has 0 aromatic heterocycles. The van der Waals surface area contributed by atoms with Crippen LogP contribution in [-0.4, -0.2) is 66.9 Å². The molecule has 1 aromatic rings. The number of piperidine rings is 1. The highest BCUT2D eigenvalue weighted by molar-refractivity contribution is 5.85. The van der Waals surface area contributed by atoms with E-state index in [1.54, 1.807) is 0 Å². The molecular weight excluding hydrogens is 423 g/mol. The predicted molar refractivity (Wildman–Crippen MR) is 125 cm³/mol. The molecule has 0 saturated carbocycles. The lowest BCUT2D eigenvalue weighted by Crippen LogP contribution is -2.51. The van der Waals surface area contributed by atoms with Crippen LogP contribution < -0.4 is 10.6 Å². The zero-order valence-electron chi connectivity index (χ0n) is 18.0. The third kappa shape index (κ3) is 7.41. The monoisotopic (exact) mass is 458 g/mol. The molecule has 2 fully saturated rings. The van der Waals surface area contributed by atoms with Gasteiger partial charge in [0.1, 0.15) is 0 Å². The quantitative estimate of drug-likeness (QED) is 0.658. The van der Waals surface area contributed by atoms with Gasteiger partial charge in [-0.15, -0.1) is 24.8 Å². The summed E-state index contributed by atoms with van der Waals surface area (Å²) in [6, 6.07) is 10.1. The fourth-order valence-electron chi connectivity index (χ4n) is 4.17. The number of carbonyl (C=O) groups is 2. The van der Waals surface area contributed by atoms with Crippen molar-refractivity contribution < 1.29 is 9.59 Å². The third-order valence-corrected chi connectivity index (χ3v) is 6.07. The zero-order valence-corrected chi connectivity index (χ0v) is 19.6. The maximum atomic E-state index is 13.0. The van der Waals surface area contributed by atoms with Gasteiger partial charge in [0.15, 0.2) is 0 Å². The Morgan fingerprint density at radius 2 is 1.93 bits per heavy atom. The van der Waals surface area contributed by atoms with Gasteiger partial charge in [0.05, 0.1) is 12.1 Å². The number of benzene rings is 1. The summed E-state index contributed by atoms with van der Waals surface area (Å²) >= 11 is 0. The Morgan fingerprint density at radius 1 is 1.20 bits per heavy atom. The van der Waals surface area contributed by atoms with Crippen molar-refractivity contribution in [3.63, 3.8) is 0 Å². The van der Waals surface area contributed by atoms with E-state index < -0.39 is 0 Å². The minimum Gasteiger partial charge on any atom is -0.354 e. The molecule has 3 rings (SSSR count). The molecule has 1 aromatic carbocycles. The molecule has 30 heavy (non-hydrogen) atoms. The fourth-order valence-corrected chi connectivity index (χ4v) is 4.17. The van der Waals surface area contributed by atoms with E-state index in [1.165, 1.54) is 5.56 Å². The molecule has 2 amide bonds. The summed E-state index contributed by atoms with van der Waals surface area (Å²) < 4.78 is 0. The number of nitrogens with one attached hydrogen (secondary N) is 2. The van der Waals surface area contributed by atoms with Crippen LogP contribution in [0.3, 0.4) is 0 Å². The van der Waals surface area contributed by atoms with Crippen molar-refractivity contribution in [2.75, 3.05) is 33.2 Å². The van der Waals surface area contributed by atoms with E-state index in [9.17, 15) is 9.59 Å². The highest BCUT2D eigenvalue weighted by Crippen LogP contribution is 2.18. The predicted octanol–water partition coefficient (Wildman–Crippen LogP) is 2.46. The number of amides is 2. The second kappa shape index (κ2) is 13.2. The van der Waals surface area contributed by atoms with E-state index in [-0.39, 0.29) is 48.7 Å². The number of rotatable bonds is 7. The number of nitrogens with zero attached hydrogens (tertiary/aromatic N) is 2. The zero-order chi connectivity index (χ0) is 19.9. The van der Waals surface area contributed by atoms with Crippen LogP contribution in [-0.2, 0) is 16.1 Å². The van der Waals surface area contributed by atoms with Gasteiger partial charge in [-0.1, -0.05) is 30.3 Å². The molecule has 0 spiro atoms. The Morgan fingerprint density at radius 3 is 2.60 bits per heavy atom. The molecule has 3 unspecified atom stereocenters.